The fourth-order valence-corrected chi connectivity index (χ4v) is 5.12. The van der Waals surface area contributed by atoms with E-state index in [0.717, 1.165) is 36.8 Å². The lowest BCUT2D eigenvalue weighted by atomic mass is 9.65. The second-order valence-corrected chi connectivity index (χ2v) is 8.84. The van der Waals surface area contributed by atoms with Gasteiger partial charge in [0.25, 0.3) is 11.8 Å². The van der Waals surface area contributed by atoms with Crippen LogP contribution in [0.15, 0.2) is 60.7 Å². The normalized spacial score (nSPS) is 18.1. The zero-order valence-electron chi connectivity index (χ0n) is 18.5. The van der Waals surface area contributed by atoms with E-state index in [1.54, 1.807) is 36.4 Å². The number of fused-ring (bicyclic) bond motifs is 2. The number of ether oxygens (including phenoxy) is 1. The number of halogens is 1. The number of benzene rings is 3. The lowest BCUT2D eigenvalue weighted by molar-refractivity contribution is -0.118. The van der Waals surface area contributed by atoms with Crippen LogP contribution in [0.25, 0.3) is 0 Å². The van der Waals surface area contributed by atoms with Crippen molar-refractivity contribution in [2.75, 3.05) is 17.2 Å². The van der Waals surface area contributed by atoms with Gasteiger partial charge in [-0.15, -0.1) is 0 Å². The highest BCUT2D eigenvalue weighted by molar-refractivity contribution is 6.06. The minimum absolute atomic E-state index is 0.123. The summed E-state index contributed by atoms with van der Waals surface area (Å²) in [6.07, 6.45) is 4.09. The number of hydrogen-bond acceptors (Lipinski definition) is 4. The van der Waals surface area contributed by atoms with Crippen LogP contribution in [0.1, 0.15) is 59.0 Å². The summed E-state index contributed by atoms with van der Waals surface area (Å²) in [5.41, 5.74) is 3.57. The van der Waals surface area contributed by atoms with Gasteiger partial charge in [0.15, 0.2) is 6.61 Å². The van der Waals surface area contributed by atoms with E-state index in [4.69, 9.17) is 4.74 Å². The van der Waals surface area contributed by atoms with E-state index in [2.05, 4.69) is 10.6 Å². The van der Waals surface area contributed by atoms with Crippen molar-refractivity contribution in [3.63, 3.8) is 0 Å². The average Bonchev–Trinajstić information content (AvgIpc) is 2.84. The van der Waals surface area contributed by atoms with E-state index in [9.17, 15) is 19.1 Å². The topological polar surface area (TPSA) is 87.7 Å². The van der Waals surface area contributed by atoms with Crippen LogP contribution in [0.3, 0.4) is 0 Å². The van der Waals surface area contributed by atoms with Gasteiger partial charge in [0.2, 0.25) is 0 Å². The monoisotopic (exact) mass is 460 g/mol. The van der Waals surface area contributed by atoms with Crippen molar-refractivity contribution in [1.82, 2.24) is 0 Å². The Kier molecular flexibility index (Phi) is 5.92. The van der Waals surface area contributed by atoms with Crippen molar-refractivity contribution in [3.05, 3.63) is 83.2 Å². The second kappa shape index (κ2) is 9.17. The molecule has 1 saturated carbocycles. The van der Waals surface area contributed by atoms with Crippen LogP contribution in [0.2, 0.25) is 0 Å². The molecule has 3 aliphatic rings. The molecular weight excluding hydrogens is 435 g/mol. The molecule has 6 rings (SSSR count). The summed E-state index contributed by atoms with van der Waals surface area (Å²) in [5, 5.41) is 14.9. The van der Waals surface area contributed by atoms with E-state index < -0.39 is 5.82 Å². The second-order valence-electron chi connectivity index (χ2n) is 8.84. The highest BCUT2D eigenvalue weighted by Gasteiger charge is 2.38. The molecular formula is C27H25FN2O4. The number of aromatic hydroxyl groups is 1. The summed E-state index contributed by atoms with van der Waals surface area (Å²) >= 11 is 0. The average molecular weight is 461 g/mol. The number of phenols is 1. The van der Waals surface area contributed by atoms with Gasteiger partial charge >= 0.3 is 0 Å². The molecule has 0 saturated heterocycles. The predicted octanol–water partition coefficient (Wildman–Crippen LogP) is 5.56. The van der Waals surface area contributed by atoms with Crippen molar-refractivity contribution in [2.24, 2.45) is 0 Å². The molecule has 3 N–H and O–H groups in total. The molecule has 3 aliphatic carbocycles. The van der Waals surface area contributed by atoms with Crippen LogP contribution in [-0.2, 0) is 4.79 Å². The highest BCUT2D eigenvalue weighted by atomic mass is 19.1. The number of nitrogens with one attached hydrogen (secondary N) is 2. The van der Waals surface area contributed by atoms with Gasteiger partial charge in [0.05, 0.1) is 0 Å². The smallest absolute Gasteiger partial charge is 0.262 e. The Bertz CT molecular complexity index is 1230. The zero-order valence-corrected chi connectivity index (χ0v) is 18.5. The number of rotatable bonds is 6. The molecule has 2 amide bonds. The number of hydrogen-bond donors (Lipinski definition) is 3. The van der Waals surface area contributed by atoms with Gasteiger partial charge in [-0.1, -0.05) is 6.07 Å². The first-order valence-electron chi connectivity index (χ1n) is 11.4. The molecule has 7 heteroatoms. The van der Waals surface area contributed by atoms with Crippen LogP contribution in [-0.4, -0.2) is 23.5 Å². The number of phenolic OH excluding ortho intramolecular Hbond substituents is 1. The Labute approximate surface area is 196 Å². The van der Waals surface area contributed by atoms with Gasteiger partial charge in [-0.3, -0.25) is 9.59 Å². The van der Waals surface area contributed by atoms with Crippen LogP contribution in [0.5, 0.6) is 11.5 Å². The lowest BCUT2D eigenvalue weighted by Gasteiger charge is -2.40. The van der Waals surface area contributed by atoms with Crippen molar-refractivity contribution in [2.45, 2.75) is 37.5 Å². The standard InChI is InChI=1S/C27H25FN2O4/c28-18-2-1-3-20(14-18)30-27(33)22-12-13-23(26-17-6-4-16(5-7-17)25(22)26)34-15-24(32)29-19-8-10-21(31)11-9-19/h1-3,8-14,16-17,31H,4-7,15H2,(H,29,32)(H,30,33). The number of carbonyl (C=O) groups excluding carboxylic acids is 2. The van der Waals surface area contributed by atoms with Crippen LogP contribution >= 0.6 is 0 Å². The van der Waals surface area contributed by atoms with E-state index in [0.29, 0.717) is 22.7 Å². The molecule has 0 heterocycles. The third-order valence-electron chi connectivity index (χ3n) is 6.63. The van der Waals surface area contributed by atoms with E-state index >= 15 is 0 Å². The molecule has 3 aromatic carbocycles. The van der Waals surface area contributed by atoms with Crippen molar-refractivity contribution >= 4 is 23.2 Å². The summed E-state index contributed by atoms with van der Waals surface area (Å²) in [7, 11) is 0. The quantitative estimate of drug-likeness (QED) is 0.421. The van der Waals surface area contributed by atoms with E-state index in [1.807, 2.05) is 0 Å². The van der Waals surface area contributed by atoms with Crippen LogP contribution in [0, 0.1) is 5.82 Å². The molecule has 0 unspecified atom stereocenters. The van der Waals surface area contributed by atoms with Gasteiger partial charge in [-0.05, 0) is 97.7 Å². The van der Waals surface area contributed by atoms with Crippen LogP contribution < -0.4 is 15.4 Å². The Morgan fingerprint density at radius 3 is 2.29 bits per heavy atom. The van der Waals surface area contributed by atoms with Crippen molar-refractivity contribution < 1.29 is 23.8 Å². The number of anilines is 2. The molecule has 0 radical (unpaired) electrons. The predicted molar refractivity (Wildman–Crippen MR) is 127 cm³/mol. The largest absolute Gasteiger partial charge is 0.508 e. The van der Waals surface area contributed by atoms with Gasteiger partial charge in [-0.25, -0.2) is 4.39 Å². The molecule has 1 fully saturated rings. The molecule has 0 spiro atoms. The first-order valence-corrected chi connectivity index (χ1v) is 11.4. The Morgan fingerprint density at radius 2 is 1.59 bits per heavy atom. The minimum atomic E-state index is -0.409. The first-order chi connectivity index (χ1) is 16.5. The zero-order chi connectivity index (χ0) is 23.7. The fourth-order valence-electron chi connectivity index (χ4n) is 5.12. The van der Waals surface area contributed by atoms with Crippen molar-refractivity contribution in [3.8, 4) is 11.5 Å². The SMILES string of the molecule is O=C(COc1ccc(C(=O)Nc2cccc(F)c2)c2c1C1CCC2CC1)Nc1ccc(O)cc1. The molecule has 0 atom stereocenters. The van der Waals surface area contributed by atoms with Crippen LogP contribution in [0.4, 0.5) is 15.8 Å². The summed E-state index contributed by atoms with van der Waals surface area (Å²) in [6, 6.07) is 15.6. The lowest BCUT2D eigenvalue weighted by Crippen LogP contribution is -2.28. The van der Waals surface area contributed by atoms with E-state index in [-0.39, 0.29) is 36.0 Å². The van der Waals surface area contributed by atoms with Gasteiger partial charge in [0, 0.05) is 22.5 Å². The number of amides is 2. The third kappa shape index (κ3) is 4.46. The maximum atomic E-state index is 13.6. The maximum absolute atomic E-state index is 13.6. The molecule has 0 aliphatic heterocycles. The summed E-state index contributed by atoms with van der Waals surface area (Å²) < 4.78 is 19.5. The van der Waals surface area contributed by atoms with Gasteiger partial charge < -0.3 is 20.5 Å². The summed E-state index contributed by atoms with van der Waals surface area (Å²) in [4.78, 5) is 25.5. The molecule has 2 bridgehead atoms. The Morgan fingerprint density at radius 1 is 0.882 bits per heavy atom. The number of carbonyl (C=O) groups is 2. The van der Waals surface area contributed by atoms with E-state index in [1.165, 1.54) is 24.3 Å². The molecule has 174 valence electrons. The van der Waals surface area contributed by atoms with Gasteiger partial charge in [-0.2, -0.15) is 0 Å². The Hall–Kier alpha value is -3.87. The fraction of sp³-hybridized carbons (Fsp3) is 0.259. The van der Waals surface area contributed by atoms with Crippen molar-refractivity contribution in [1.29, 1.82) is 0 Å². The summed E-state index contributed by atoms with van der Waals surface area (Å²) in [5.74, 6) is 0.317. The highest BCUT2D eigenvalue weighted by Crippen LogP contribution is 2.53. The maximum Gasteiger partial charge on any atom is 0.262 e. The molecule has 34 heavy (non-hydrogen) atoms. The molecule has 3 aromatic rings. The van der Waals surface area contributed by atoms with Gasteiger partial charge in [0.1, 0.15) is 17.3 Å². The molecule has 6 nitrogen and oxygen atoms in total. The Balaban J connectivity index is 1.37. The molecule has 0 aromatic heterocycles. The summed E-state index contributed by atoms with van der Waals surface area (Å²) in [6.45, 7) is -0.167. The first kappa shape index (κ1) is 21.9. The minimum Gasteiger partial charge on any atom is -0.508 e. The third-order valence-corrected chi connectivity index (χ3v) is 6.63.